The van der Waals surface area contributed by atoms with Crippen LogP contribution in [0.3, 0.4) is 0 Å². The van der Waals surface area contributed by atoms with Gasteiger partial charge in [-0.3, -0.25) is 0 Å². The Morgan fingerprint density at radius 3 is 0.333 bits per heavy atom. The Morgan fingerprint density at radius 1 is 0.333 bits per heavy atom. The Morgan fingerprint density at radius 2 is 0.333 bits per heavy atom. The molecule has 0 aliphatic heterocycles. The van der Waals surface area contributed by atoms with Crippen molar-refractivity contribution in [1.82, 2.24) is 0 Å². The van der Waals surface area contributed by atoms with Crippen LogP contribution in [0.4, 0.5) is 0 Å². The average molecular weight is 230 g/mol. The van der Waals surface area contributed by atoms with E-state index in [0.717, 1.165) is 0 Å². The van der Waals surface area contributed by atoms with Crippen LogP contribution >= 0.6 is 0 Å². The molecule has 9 heavy (non-hydrogen) atoms. The Bertz CT molecular complexity index is 12.9. The summed E-state index contributed by atoms with van der Waals surface area (Å²) < 4.78 is 0. The Kier molecular flexibility index (Phi) is 2250. The monoisotopic (exact) mass is 230 g/mol. The number of rotatable bonds is 0. The summed E-state index contributed by atoms with van der Waals surface area (Å²) in [5.74, 6) is 0. The first-order chi connectivity index (χ1) is 0. The van der Waals surface area contributed by atoms with Crippen molar-refractivity contribution in [3.63, 3.8) is 0 Å². The zero-order valence-corrected chi connectivity index (χ0v) is 5.73. The van der Waals surface area contributed by atoms with Crippen molar-refractivity contribution in [2.75, 3.05) is 0 Å². The molecule has 0 aromatic heterocycles. The maximum Gasteiger partial charge on any atom is 5.00 e. The number of hydrogen-bond acceptors (Lipinski definition) is 0. The van der Waals surface area contributed by atoms with Gasteiger partial charge in [-0.25, -0.2) is 0 Å². The normalized spacial score (nSPS) is 0. The first-order valence-electron chi connectivity index (χ1n) is 0. The fourth-order valence-electron chi connectivity index (χ4n) is 0. The Labute approximate surface area is 122 Å². The summed E-state index contributed by atoms with van der Waals surface area (Å²) in [7, 11) is 0. The van der Waals surface area contributed by atoms with Gasteiger partial charge in [0.1, 0.15) is 0 Å². The Balaban J connectivity index is 0. The second kappa shape index (κ2) is 124. The molecule has 0 unspecified atom stereocenters. The molecule has 0 aliphatic rings. The van der Waals surface area contributed by atoms with Crippen molar-refractivity contribution in [3.8, 4) is 0 Å². The molecule has 0 bridgehead atoms. The summed E-state index contributed by atoms with van der Waals surface area (Å²) in [6, 6.07) is 0. The van der Waals surface area contributed by atoms with Gasteiger partial charge in [-0.2, -0.15) is 0 Å². The summed E-state index contributed by atoms with van der Waals surface area (Å²) in [4.78, 5) is 0. The zero-order valence-electron chi connectivity index (χ0n) is 2.94. The molecule has 0 saturated carbocycles. The van der Waals surface area contributed by atoms with Crippen LogP contribution in [-0.4, -0.2) is 59.1 Å². The summed E-state index contributed by atoms with van der Waals surface area (Å²) >= 11 is 0. The van der Waals surface area contributed by atoms with E-state index in [-0.39, 0.29) is 124 Å². The minimum absolute atomic E-state index is 0. The predicted molar refractivity (Wildman–Crippen MR) is 17.7 cm³/mol. The molecular formula is H2Na2O5V2. The van der Waals surface area contributed by atoms with E-state index in [9.17, 15) is 0 Å². The minimum atomic E-state index is 0. The quantitative estimate of drug-likeness (QED) is 0.428. The minimum Gasteiger partial charge on any atom is -2.00 e. The van der Waals surface area contributed by atoms with Gasteiger partial charge < -0.3 is 27.4 Å². The van der Waals surface area contributed by atoms with E-state index in [1.165, 1.54) is 0 Å². The van der Waals surface area contributed by atoms with E-state index in [1.807, 2.05) is 0 Å². The third-order valence-corrected chi connectivity index (χ3v) is 0. The van der Waals surface area contributed by atoms with E-state index in [0.29, 0.717) is 0 Å². The van der Waals surface area contributed by atoms with Crippen molar-refractivity contribution in [2.45, 2.75) is 0 Å². The second-order valence-corrected chi connectivity index (χ2v) is 0. The average Bonchev–Trinajstić information content (AvgIpc) is 0. The molecule has 0 radical (unpaired) electrons. The summed E-state index contributed by atoms with van der Waals surface area (Å²) in [6.07, 6.45) is 0. The van der Waals surface area contributed by atoms with Gasteiger partial charge >= 0.3 is 96.2 Å². The molecule has 0 amide bonds. The van der Waals surface area contributed by atoms with Crippen LogP contribution in [0.25, 0.3) is 0 Å². The summed E-state index contributed by atoms with van der Waals surface area (Å²) in [5.41, 5.74) is 0. The molecule has 0 aromatic rings. The molecule has 5 nitrogen and oxygen atoms in total. The van der Waals surface area contributed by atoms with Gasteiger partial charge in [-0.1, -0.05) is 0 Å². The van der Waals surface area contributed by atoms with Crippen molar-refractivity contribution >= 4 is 59.1 Å². The van der Waals surface area contributed by atoms with Gasteiger partial charge in [-0.15, -0.1) is 0 Å². The van der Waals surface area contributed by atoms with Crippen LogP contribution in [-0.2, 0) is 64.5 Å². The van der Waals surface area contributed by atoms with Crippen LogP contribution in [0, 0.1) is 0 Å². The van der Waals surface area contributed by atoms with Gasteiger partial charge in [0.05, 0.1) is 0 Å². The van der Waals surface area contributed by atoms with E-state index in [2.05, 4.69) is 0 Å². The summed E-state index contributed by atoms with van der Waals surface area (Å²) in [6.45, 7) is 0. The molecule has 0 saturated heterocycles. The largest absolute Gasteiger partial charge is 5.00 e. The van der Waals surface area contributed by atoms with Crippen LogP contribution in [0.1, 0.15) is 0 Å². The van der Waals surface area contributed by atoms with Crippen LogP contribution in [0.2, 0.25) is 0 Å². The Hall–Kier alpha value is 2.97. The van der Waals surface area contributed by atoms with E-state index in [1.54, 1.807) is 0 Å². The molecule has 0 spiro atoms. The van der Waals surface area contributed by atoms with Crippen LogP contribution in [0.15, 0.2) is 0 Å². The molecule has 0 heterocycles. The van der Waals surface area contributed by atoms with Crippen LogP contribution in [0.5, 0.6) is 0 Å². The predicted octanol–water partition coefficient (Wildman–Crippen LogP) is -1.90. The standard InChI is InChI=1S/2Na.5O.2V.2H/q;;5*-2;2*+5;;. The van der Waals surface area contributed by atoms with E-state index >= 15 is 0 Å². The fraction of sp³-hybridized carbons (Fsp3) is 0. The molecule has 44 valence electrons. The third kappa shape index (κ3) is 100. The maximum absolute atomic E-state index is 0. The van der Waals surface area contributed by atoms with Crippen molar-refractivity contribution < 1.29 is 64.5 Å². The molecule has 0 rings (SSSR count). The van der Waals surface area contributed by atoms with Gasteiger partial charge in [0, 0.05) is 0 Å². The molecule has 9 heteroatoms. The fourth-order valence-corrected chi connectivity index (χ4v) is 0. The van der Waals surface area contributed by atoms with E-state index in [4.69, 9.17) is 0 Å². The van der Waals surface area contributed by atoms with Crippen molar-refractivity contribution in [2.24, 2.45) is 0 Å². The van der Waals surface area contributed by atoms with Gasteiger partial charge in [-0.05, 0) is 0 Å². The first-order valence-corrected chi connectivity index (χ1v) is 0. The topological polar surface area (TPSA) is 142 Å². The number of hydrogen-bond donors (Lipinski definition) is 0. The van der Waals surface area contributed by atoms with Gasteiger partial charge in [0.2, 0.25) is 0 Å². The van der Waals surface area contributed by atoms with Crippen molar-refractivity contribution in [1.29, 1.82) is 0 Å². The SMILES string of the molecule is [NaH].[NaH].[O-2].[O-2].[O-2].[O-2].[O-2].[V+5].[V+5]. The molecular weight excluding hydrogens is 228 g/mol. The van der Waals surface area contributed by atoms with Gasteiger partial charge in [0.25, 0.3) is 0 Å². The van der Waals surface area contributed by atoms with Crippen LogP contribution < -0.4 is 0 Å². The molecule has 0 fully saturated rings. The van der Waals surface area contributed by atoms with Gasteiger partial charge in [0.15, 0.2) is 0 Å². The molecule has 0 N–H and O–H groups in total. The molecule has 0 aliphatic carbocycles. The van der Waals surface area contributed by atoms with E-state index < -0.39 is 0 Å². The third-order valence-electron chi connectivity index (χ3n) is 0. The maximum atomic E-state index is 0. The zero-order chi connectivity index (χ0) is 0. The first kappa shape index (κ1) is 163. The smallest absolute Gasteiger partial charge is 2.00 e. The van der Waals surface area contributed by atoms with Crippen molar-refractivity contribution in [3.05, 3.63) is 0 Å². The summed E-state index contributed by atoms with van der Waals surface area (Å²) in [5, 5.41) is 0. The molecule has 0 aromatic carbocycles. The molecule has 0 atom stereocenters. The second-order valence-electron chi connectivity index (χ2n) is 0.